The zero-order chi connectivity index (χ0) is 12.8. The summed E-state index contributed by atoms with van der Waals surface area (Å²) in [7, 11) is 0. The molecule has 0 unspecified atom stereocenters. The smallest absolute Gasteiger partial charge is 0.135 e. The van der Waals surface area contributed by atoms with Gasteiger partial charge in [-0.1, -0.05) is 6.08 Å². The molecule has 1 heterocycles. The van der Waals surface area contributed by atoms with Gasteiger partial charge in [0, 0.05) is 18.5 Å². The summed E-state index contributed by atoms with van der Waals surface area (Å²) >= 11 is 3.42. The van der Waals surface area contributed by atoms with Crippen LogP contribution in [0.5, 0.6) is 0 Å². The maximum Gasteiger partial charge on any atom is 0.135 e. The Bertz CT molecular complexity index is 407. The normalized spacial score (nSPS) is 14.5. The molecule has 0 amide bonds. The van der Waals surface area contributed by atoms with E-state index in [-0.39, 0.29) is 0 Å². The highest BCUT2D eigenvalue weighted by atomic mass is 79.9. The van der Waals surface area contributed by atoms with Gasteiger partial charge in [0.15, 0.2) is 0 Å². The van der Waals surface area contributed by atoms with Gasteiger partial charge in [-0.25, -0.2) is 9.97 Å². The molecule has 1 aliphatic carbocycles. The Balaban J connectivity index is 1.76. The van der Waals surface area contributed by atoms with Crippen LogP contribution < -0.4 is 5.32 Å². The lowest BCUT2D eigenvalue weighted by Gasteiger charge is -2.08. The fraction of sp³-hybridized carbons (Fsp3) is 0.538. The van der Waals surface area contributed by atoms with E-state index >= 15 is 0 Å². The van der Waals surface area contributed by atoms with Crippen molar-refractivity contribution in [1.29, 1.82) is 0 Å². The molecule has 1 saturated carbocycles. The van der Waals surface area contributed by atoms with Gasteiger partial charge in [-0.15, -0.1) is 6.58 Å². The van der Waals surface area contributed by atoms with E-state index in [1.807, 2.05) is 12.1 Å². The van der Waals surface area contributed by atoms with Crippen LogP contribution in [0.4, 0.5) is 5.82 Å². The molecule has 4 nitrogen and oxygen atoms in total. The summed E-state index contributed by atoms with van der Waals surface area (Å²) in [6.07, 6.45) is 5.17. The third-order valence-electron chi connectivity index (χ3n) is 2.67. The van der Waals surface area contributed by atoms with E-state index in [1.54, 1.807) is 0 Å². The predicted octanol–water partition coefficient (Wildman–Crippen LogP) is 3.12. The van der Waals surface area contributed by atoms with Crippen LogP contribution >= 0.6 is 15.9 Å². The van der Waals surface area contributed by atoms with Gasteiger partial charge in [0.2, 0.25) is 0 Å². The highest BCUT2D eigenvalue weighted by molar-refractivity contribution is 9.10. The van der Waals surface area contributed by atoms with Crippen molar-refractivity contribution in [3.63, 3.8) is 0 Å². The largest absolute Gasteiger partial charge is 0.379 e. The molecule has 0 spiro atoms. The fourth-order valence-electron chi connectivity index (χ4n) is 1.57. The van der Waals surface area contributed by atoms with E-state index in [0.717, 1.165) is 35.8 Å². The van der Waals surface area contributed by atoms with E-state index in [2.05, 4.69) is 37.8 Å². The Labute approximate surface area is 116 Å². The van der Waals surface area contributed by atoms with Crippen molar-refractivity contribution in [3.05, 3.63) is 29.1 Å². The Hall–Kier alpha value is -0.940. The molecule has 0 aliphatic heterocycles. The number of hydrogen-bond acceptors (Lipinski definition) is 4. The predicted molar refractivity (Wildman–Crippen MR) is 75.8 cm³/mol. The molecule has 0 bridgehead atoms. The first-order chi connectivity index (χ1) is 8.79. The van der Waals surface area contributed by atoms with Crippen molar-refractivity contribution < 1.29 is 4.74 Å². The molecule has 5 heteroatoms. The Morgan fingerprint density at radius 1 is 1.44 bits per heavy atom. The summed E-state index contributed by atoms with van der Waals surface area (Å²) in [5.74, 6) is 2.37. The molecule has 1 aromatic heterocycles. The van der Waals surface area contributed by atoms with E-state index in [4.69, 9.17) is 4.74 Å². The standard InChI is InChI=1S/C13H18BrN3O/c1-2-3-7-18-8-6-15-12-9-11(14)16-13(17-12)10-4-5-10/h2,9-10H,1,3-8H2,(H,15,16,17). The first-order valence-corrected chi connectivity index (χ1v) is 7.06. The summed E-state index contributed by atoms with van der Waals surface area (Å²) in [5, 5.41) is 3.25. The number of nitrogens with one attached hydrogen (secondary N) is 1. The van der Waals surface area contributed by atoms with Gasteiger partial charge in [0.05, 0.1) is 13.2 Å². The first-order valence-electron chi connectivity index (χ1n) is 6.26. The molecule has 0 saturated heterocycles. The highest BCUT2D eigenvalue weighted by Gasteiger charge is 2.27. The monoisotopic (exact) mass is 311 g/mol. The van der Waals surface area contributed by atoms with Crippen molar-refractivity contribution in [2.24, 2.45) is 0 Å². The molecular weight excluding hydrogens is 294 g/mol. The maximum atomic E-state index is 5.43. The van der Waals surface area contributed by atoms with Gasteiger partial charge in [-0.05, 0) is 35.2 Å². The van der Waals surface area contributed by atoms with Gasteiger partial charge >= 0.3 is 0 Å². The van der Waals surface area contributed by atoms with Crippen LogP contribution in [0.3, 0.4) is 0 Å². The second kappa shape index (κ2) is 6.85. The van der Waals surface area contributed by atoms with Crippen LogP contribution in [-0.2, 0) is 4.74 Å². The molecule has 1 N–H and O–H groups in total. The zero-order valence-electron chi connectivity index (χ0n) is 10.4. The summed E-state index contributed by atoms with van der Waals surface area (Å²) in [4.78, 5) is 8.89. The van der Waals surface area contributed by atoms with Gasteiger partial charge in [-0.2, -0.15) is 0 Å². The number of hydrogen-bond donors (Lipinski definition) is 1. The Kier molecular flexibility index (Phi) is 5.13. The molecule has 98 valence electrons. The number of anilines is 1. The number of aromatic nitrogens is 2. The van der Waals surface area contributed by atoms with Crippen molar-refractivity contribution in [2.45, 2.75) is 25.2 Å². The number of halogens is 1. The molecule has 0 atom stereocenters. The molecule has 1 aliphatic rings. The molecule has 1 aromatic rings. The average molecular weight is 312 g/mol. The Morgan fingerprint density at radius 3 is 3.00 bits per heavy atom. The lowest BCUT2D eigenvalue weighted by Crippen LogP contribution is -2.11. The van der Waals surface area contributed by atoms with Gasteiger partial charge in [0.1, 0.15) is 16.2 Å². The summed E-state index contributed by atoms with van der Waals surface area (Å²) < 4.78 is 6.27. The van der Waals surface area contributed by atoms with Crippen LogP contribution in [0.2, 0.25) is 0 Å². The van der Waals surface area contributed by atoms with Crippen molar-refractivity contribution >= 4 is 21.7 Å². The quantitative estimate of drug-likeness (QED) is 0.455. The minimum absolute atomic E-state index is 0.562. The average Bonchev–Trinajstić information content (AvgIpc) is 3.17. The summed E-state index contributed by atoms with van der Waals surface area (Å²) in [5.41, 5.74) is 0. The SMILES string of the molecule is C=CCCOCCNc1cc(Br)nc(C2CC2)n1. The van der Waals surface area contributed by atoms with Crippen molar-refractivity contribution in [2.75, 3.05) is 25.1 Å². The van der Waals surface area contributed by atoms with Crippen LogP contribution in [0, 0.1) is 0 Å². The van der Waals surface area contributed by atoms with Crippen molar-refractivity contribution in [1.82, 2.24) is 9.97 Å². The molecule has 0 aromatic carbocycles. The first kappa shape index (κ1) is 13.5. The van der Waals surface area contributed by atoms with E-state index in [1.165, 1.54) is 12.8 Å². The molecule has 2 rings (SSSR count). The highest BCUT2D eigenvalue weighted by Crippen LogP contribution is 2.38. The molecule has 1 fully saturated rings. The van der Waals surface area contributed by atoms with Crippen LogP contribution in [0.25, 0.3) is 0 Å². The van der Waals surface area contributed by atoms with Crippen LogP contribution in [0.1, 0.15) is 31.0 Å². The summed E-state index contributed by atoms with van der Waals surface area (Å²) in [6.45, 7) is 5.81. The lowest BCUT2D eigenvalue weighted by atomic mass is 10.4. The molecule has 18 heavy (non-hydrogen) atoms. The van der Waals surface area contributed by atoms with E-state index in [9.17, 15) is 0 Å². The zero-order valence-corrected chi connectivity index (χ0v) is 11.9. The fourth-order valence-corrected chi connectivity index (χ4v) is 1.97. The van der Waals surface area contributed by atoms with E-state index < -0.39 is 0 Å². The minimum Gasteiger partial charge on any atom is -0.379 e. The van der Waals surface area contributed by atoms with Gasteiger partial charge < -0.3 is 10.1 Å². The third kappa shape index (κ3) is 4.38. The molecule has 0 radical (unpaired) electrons. The minimum atomic E-state index is 0.562. The van der Waals surface area contributed by atoms with Crippen LogP contribution in [0.15, 0.2) is 23.3 Å². The maximum absolute atomic E-state index is 5.43. The van der Waals surface area contributed by atoms with Gasteiger partial charge in [-0.3, -0.25) is 0 Å². The Morgan fingerprint density at radius 2 is 2.28 bits per heavy atom. The topological polar surface area (TPSA) is 47.0 Å². The number of rotatable bonds is 8. The lowest BCUT2D eigenvalue weighted by molar-refractivity contribution is 0.149. The third-order valence-corrected chi connectivity index (χ3v) is 3.08. The second-order valence-corrected chi connectivity index (χ2v) is 5.14. The summed E-state index contributed by atoms with van der Waals surface area (Å²) in [6, 6.07) is 1.90. The van der Waals surface area contributed by atoms with Gasteiger partial charge in [0.25, 0.3) is 0 Å². The number of nitrogens with zero attached hydrogens (tertiary/aromatic N) is 2. The number of ether oxygens (including phenoxy) is 1. The van der Waals surface area contributed by atoms with Crippen molar-refractivity contribution in [3.8, 4) is 0 Å². The van der Waals surface area contributed by atoms with E-state index in [0.29, 0.717) is 12.5 Å². The molecular formula is C13H18BrN3O. The van der Waals surface area contributed by atoms with Crippen LogP contribution in [-0.4, -0.2) is 29.7 Å². The second-order valence-electron chi connectivity index (χ2n) is 4.32.